The van der Waals surface area contributed by atoms with E-state index in [2.05, 4.69) is 42.2 Å². The first kappa shape index (κ1) is 58.9. The standard InChI is InChI=1S/C55H66F7N9O7/c1-53(2,3)48(65-52(76)78-7)49(74)67-69(30-40-41(56)24-35(25-42(40)57)43-21-22-70(66-43)50(58)59)31-45(73)36(26-44(72)47(64-51(75)77-6)54(4,5)55(60,61)62)23-33-14-11-32(12-15-33)13-16-34-17-20-46(63-27-34)68-28-38-18-19-39(29-68)71(38)37-9-8-10-37/h11-12,14-15,17,20-22,24-25,27,36-39,45,47-48,50,73H,8-10,18-19,23,26,28-31H2,1-7H3,(H,64,75)(H,65,76)(H,67,74)/t36-,38?,39?,45+,47-,48-/m1/s1. The van der Waals surface area contributed by atoms with Gasteiger partial charge >= 0.3 is 24.9 Å². The summed E-state index contributed by atoms with van der Waals surface area (Å²) >= 11 is 0. The zero-order valence-corrected chi connectivity index (χ0v) is 44.5. The molecule has 4 heterocycles. The average molecular weight is 1100 g/mol. The number of piperazine rings is 1. The van der Waals surface area contributed by atoms with E-state index in [9.17, 15) is 46.2 Å². The summed E-state index contributed by atoms with van der Waals surface area (Å²) < 4.78 is 112. The van der Waals surface area contributed by atoms with Gasteiger partial charge in [-0.2, -0.15) is 27.1 Å². The highest BCUT2D eigenvalue weighted by Crippen LogP contribution is 2.42. The molecule has 16 nitrogen and oxygen atoms in total. The molecule has 1 aliphatic carbocycles. The highest BCUT2D eigenvalue weighted by atomic mass is 19.4. The fourth-order valence-electron chi connectivity index (χ4n) is 10.2. The number of ether oxygens (including phenoxy) is 2. The Morgan fingerprint density at radius 3 is 1.92 bits per heavy atom. The fourth-order valence-corrected chi connectivity index (χ4v) is 10.2. The summed E-state index contributed by atoms with van der Waals surface area (Å²) in [6.07, 6.45) is -1.35. The van der Waals surface area contributed by atoms with Gasteiger partial charge in [0.1, 0.15) is 29.5 Å². The number of hydrazine groups is 1. The van der Waals surface area contributed by atoms with E-state index < -0.39 is 108 Å². The number of alkyl halides is 5. The molecule has 2 saturated heterocycles. The Morgan fingerprint density at radius 1 is 0.821 bits per heavy atom. The van der Waals surface area contributed by atoms with Gasteiger partial charge in [-0.15, -0.1) is 0 Å². The number of nitrogens with one attached hydrogen (secondary N) is 3. The molecule has 2 unspecified atom stereocenters. The second-order valence-corrected chi connectivity index (χ2v) is 21.8. The summed E-state index contributed by atoms with van der Waals surface area (Å²) in [4.78, 5) is 63.0. The number of hydrogen-bond donors (Lipinski definition) is 4. The number of carbonyl (C=O) groups excluding carboxylic acids is 4. The number of alkyl carbamates (subject to hydrolysis) is 2. The average Bonchev–Trinajstić information content (AvgIpc) is 4.01. The largest absolute Gasteiger partial charge is 0.453 e. The summed E-state index contributed by atoms with van der Waals surface area (Å²) in [6.45, 7) is 3.44. The van der Waals surface area contributed by atoms with Crippen molar-refractivity contribution in [1.82, 2.24) is 40.7 Å². The number of carbonyl (C=O) groups is 4. The summed E-state index contributed by atoms with van der Waals surface area (Å²) in [6, 6.07) is 11.4. The van der Waals surface area contributed by atoms with Crippen LogP contribution in [-0.4, -0.2) is 130 Å². The molecular formula is C55H66F7N9O7. The first-order valence-electron chi connectivity index (χ1n) is 25.7. The molecule has 0 radical (unpaired) electrons. The van der Waals surface area contributed by atoms with Gasteiger partial charge in [0.05, 0.1) is 31.4 Å². The molecule has 2 aromatic carbocycles. The maximum absolute atomic E-state index is 16.1. The van der Waals surface area contributed by atoms with Crippen LogP contribution in [0.3, 0.4) is 0 Å². The molecule has 78 heavy (non-hydrogen) atoms. The third kappa shape index (κ3) is 14.1. The van der Waals surface area contributed by atoms with E-state index in [1.807, 2.05) is 17.4 Å². The summed E-state index contributed by atoms with van der Waals surface area (Å²) in [5.41, 5.74) is -0.819. The Bertz CT molecular complexity index is 2790. The first-order chi connectivity index (χ1) is 36.8. The van der Waals surface area contributed by atoms with Crippen molar-refractivity contribution in [3.05, 3.63) is 101 Å². The number of hydrogen-bond acceptors (Lipinski definition) is 12. The minimum Gasteiger partial charge on any atom is -0.453 e. The smallest absolute Gasteiger partial charge is 0.407 e. The van der Waals surface area contributed by atoms with Crippen LogP contribution in [0.4, 0.5) is 46.1 Å². The van der Waals surface area contributed by atoms with E-state index in [-0.39, 0.29) is 22.4 Å². The van der Waals surface area contributed by atoms with Crippen LogP contribution in [0.15, 0.2) is 67.0 Å². The second kappa shape index (κ2) is 24.5. The molecule has 7 rings (SSSR count). The SMILES string of the molecule is COC(=O)N[C@H](C(=O)NN(Cc1c(F)cc(-c2ccn(C(F)F)n2)cc1F)C[C@H](O)[C@@H](CC(=O)[C@@H](NC(=O)OC)C(C)(C)C(F)(F)F)Cc1ccc(C#Cc2ccc(N3CC4CCC(C3)N4C3CCC3)nc2)cc1)C(C)(C)C. The summed E-state index contributed by atoms with van der Waals surface area (Å²) in [7, 11) is 1.96. The lowest BCUT2D eigenvalue weighted by Crippen LogP contribution is -2.58. The van der Waals surface area contributed by atoms with Crippen LogP contribution in [-0.2, 0) is 32.0 Å². The molecule has 2 aromatic heterocycles. The van der Waals surface area contributed by atoms with E-state index in [1.165, 1.54) is 32.1 Å². The molecule has 3 fully saturated rings. The van der Waals surface area contributed by atoms with Gasteiger partial charge in [0.25, 0.3) is 5.91 Å². The van der Waals surface area contributed by atoms with Crippen LogP contribution in [0.2, 0.25) is 0 Å². The number of methoxy groups -OCH3 is 2. The monoisotopic (exact) mass is 1100 g/mol. The number of nitrogens with zero attached hydrogens (tertiary/aromatic N) is 6. The third-order valence-corrected chi connectivity index (χ3v) is 15.0. The zero-order chi connectivity index (χ0) is 56.9. The quantitative estimate of drug-likeness (QED) is 0.0401. The Labute approximate surface area is 448 Å². The minimum absolute atomic E-state index is 0.194. The Balaban J connectivity index is 1.16. The van der Waals surface area contributed by atoms with E-state index in [0.29, 0.717) is 48.7 Å². The minimum atomic E-state index is -5.04. The number of Topliss-reactive ketones (excluding diaryl/α,β-unsaturated/α-hetero) is 1. The van der Waals surface area contributed by atoms with E-state index >= 15 is 8.78 Å². The van der Waals surface area contributed by atoms with Gasteiger partial charge in [0.15, 0.2) is 5.78 Å². The van der Waals surface area contributed by atoms with Crippen molar-refractivity contribution >= 4 is 29.7 Å². The Morgan fingerprint density at radius 2 is 1.41 bits per heavy atom. The van der Waals surface area contributed by atoms with Crippen LogP contribution in [0, 0.1) is 40.2 Å². The van der Waals surface area contributed by atoms with Crippen LogP contribution in [0.1, 0.15) is 102 Å². The Hall–Kier alpha value is -6.77. The maximum Gasteiger partial charge on any atom is 0.407 e. The van der Waals surface area contributed by atoms with Gasteiger partial charge in [-0.05, 0) is 105 Å². The lowest BCUT2D eigenvalue weighted by atomic mass is 9.77. The number of pyridine rings is 1. The van der Waals surface area contributed by atoms with Gasteiger partial charge in [0.2, 0.25) is 0 Å². The van der Waals surface area contributed by atoms with Crippen LogP contribution in [0.5, 0.6) is 0 Å². The number of aliphatic hydroxyl groups excluding tert-OH is 1. The molecule has 422 valence electrons. The van der Waals surface area contributed by atoms with Gasteiger partial charge in [-0.25, -0.2) is 33.0 Å². The van der Waals surface area contributed by atoms with Crippen molar-refractivity contribution in [3.8, 4) is 23.1 Å². The predicted octanol–water partition coefficient (Wildman–Crippen LogP) is 8.32. The van der Waals surface area contributed by atoms with Gasteiger partial charge < -0.3 is 30.1 Å². The molecule has 4 aromatic rings. The number of aromatic nitrogens is 3. The van der Waals surface area contributed by atoms with Crippen molar-refractivity contribution in [2.24, 2.45) is 16.7 Å². The lowest BCUT2D eigenvalue weighted by Gasteiger charge is -2.48. The van der Waals surface area contributed by atoms with Crippen LogP contribution < -0.4 is 21.0 Å². The molecule has 3 amide bonds. The first-order valence-corrected chi connectivity index (χ1v) is 25.7. The summed E-state index contributed by atoms with van der Waals surface area (Å²) in [5, 5.41) is 21.2. The number of aliphatic hydroxyl groups is 1. The second-order valence-electron chi connectivity index (χ2n) is 21.8. The van der Waals surface area contributed by atoms with Crippen molar-refractivity contribution in [2.45, 2.75) is 135 Å². The number of benzene rings is 2. The lowest BCUT2D eigenvalue weighted by molar-refractivity contribution is -0.220. The van der Waals surface area contributed by atoms with Gasteiger partial charge in [0, 0.05) is 85.4 Å². The van der Waals surface area contributed by atoms with Crippen molar-refractivity contribution in [1.29, 1.82) is 0 Å². The number of fused-ring (bicyclic) bond motifs is 2. The molecule has 6 atom stereocenters. The number of anilines is 1. The number of amides is 3. The van der Waals surface area contributed by atoms with Crippen molar-refractivity contribution < 1.29 is 64.5 Å². The highest BCUT2D eigenvalue weighted by molar-refractivity contribution is 5.88. The topological polar surface area (TPSA) is 183 Å². The maximum atomic E-state index is 16.1. The van der Waals surface area contributed by atoms with Gasteiger partial charge in [-0.3, -0.25) is 19.9 Å². The predicted molar refractivity (Wildman–Crippen MR) is 273 cm³/mol. The molecule has 2 aliphatic heterocycles. The van der Waals surface area contributed by atoms with Crippen LogP contribution in [0.25, 0.3) is 11.3 Å². The Kier molecular flexibility index (Phi) is 18.5. The van der Waals surface area contributed by atoms with Crippen LogP contribution >= 0.6 is 0 Å². The van der Waals surface area contributed by atoms with E-state index in [4.69, 9.17) is 9.72 Å². The molecule has 2 bridgehead atoms. The number of halogens is 7. The molecule has 0 spiro atoms. The van der Waals surface area contributed by atoms with E-state index in [1.54, 1.807) is 51.2 Å². The number of ketones is 1. The van der Waals surface area contributed by atoms with Crippen molar-refractivity contribution in [3.63, 3.8) is 0 Å². The zero-order valence-electron chi connectivity index (χ0n) is 44.5. The van der Waals surface area contributed by atoms with Gasteiger partial charge in [-0.1, -0.05) is 51.2 Å². The molecule has 3 aliphatic rings. The number of rotatable bonds is 19. The molecule has 4 N–H and O–H groups in total. The van der Waals surface area contributed by atoms with E-state index in [0.717, 1.165) is 62.5 Å². The molecule has 23 heteroatoms. The van der Waals surface area contributed by atoms with Crippen molar-refractivity contribution in [2.75, 3.05) is 38.8 Å². The third-order valence-electron chi connectivity index (χ3n) is 15.0. The molecule has 1 saturated carbocycles. The molecular weight excluding hydrogens is 1030 g/mol. The highest BCUT2D eigenvalue weighted by Gasteiger charge is 2.55. The summed E-state index contributed by atoms with van der Waals surface area (Å²) in [5.74, 6) is 1.22. The normalized spacial score (nSPS) is 18.6. The fraction of sp³-hybridized carbons (Fsp3) is 0.527.